The van der Waals surface area contributed by atoms with Crippen molar-refractivity contribution in [1.82, 2.24) is 15.5 Å². The normalized spacial score (nSPS) is 23.8. The number of carbonyl (C=O) groups excluding carboxylic acids is 2. The molecule has 2 aliphatic rings. The Hall–Kier alpha value is -2.04. The van der Waals surface area contributed by atoms with E-state index in [0.717, 1.165) is 32.2 Å². The molecule has 0 aliphatic carbocycles. The monoisotopic (exact) mass is 303 g/mol. The number of rotatable bonds is 5. The van der Waals surface area contributed by atoms with Gasteiger partial charge >= 0.3 is 6.03 Å². The highest BCUT2D eigenvalue weighted by Crippen LogP contribution is 2.38. The van der Waals surface area contributed by atoms with E-state index in [0.29, 0.717) is 11.3 Å². The number of urea groups is 1. The lowest BCUT2D eigenvalue weighted by molar-refractivity contribution is -0.131. The summed E-state index contributed by atoms with van der Waals surface area (Å²) in [7, 11) is 0. The summed E-state index contributed by atoms with van der Waals surface area (Å²) in [5.74, 6) is -0.00120. The lowest BCUT2D eigenvalue weighted by Crippen LogP contribution is -2.54. The summed E-state index contributed by atoms with van der Waals surface area (Å²) in [6.45, 7) is 12.0. The summed E-state index contributed by atoms with van der Waals surface area (Å²) >= 11 is 0. The van der Waals surface area contributed by atoms with Crippen molar-refractivity contribution in [2.75, 3.05) is 6.54 Å². The van der Waals surface area contributed by atoms with Crippen LogP contribution in [-0.4, -0.2) is 35.0 Å². The summed E-state index contributed by atoms with van der Waals surface area (Å²) in [5, 5.41) is 5.46. The van der Waals surface area contributed by atoms with E-state index in [4.69, 9.17) is 0 Å². The van der Waals surface area contributed by atoms with Gasteiger partial charge in [-0.3, -0.25) is 4.79 Å². The Balaban J connectivity index is 2.34. The number of nitrogens with zero attached hydrogens (tertiary/aromatic N) is 1. The second kappa shape index (κ2) is 6.38. The van der Waals surface area contributed by atoms with Crippen molar-refractivity contribution in [2.24, 2.45) is 0 Å². The van der Waals surface area contributed by atoms with E-state index >= 15 is 0 Å². The fourth-order valence-electron chi connectivity index (χ4n) is 3.66. The first-order valence-electron chi connectivity index (χ1n) is 7.77. The second-order valence-corrected chi connectivity index (χ2v) is 6.13. The zero-order valence-electron chi connectivity index (χ0n) is 13.4. The summed E-state index contributed by atoms with van der Waals surface area (Å²) in [4.78, 5) is 26.5. The molecule has 0 radical (unpaired) electrons. The van der Waals surface area contributed by atoms with Crippen LogP contribution < -0.4 is 10.6 Å². The van der Waals surface area contributed by atoms with E-state index in [-0.39, 0.29) is 23.5 Å². The van der Waals surface area contributed by atoms with Crippen molar-refractivity contribution >= 4 is 11.9 Å². The van der Waals surface area contributed by atoms with Crippen molar-refractivity contribution in [1.29, 1.82) is 0 Å². The second-order valence-electron chi connectivity index (χ2n) is 6.13. The first-order chi connectivity index (χ1) is 10.4. The summed E-state index contributed by atoms with van der Waals surface area (Å²) in [6.07, 6.45) is 7.20. The van der Waals surface area contributed by atoms with Crippen molar-refractivity contribution in [2.45, 2.75) is 51.1 Å². The van der Waals surface area contributed by atoms with Gasteiger partial charge in [-0.2, -0.15) is 0 Å². The average Bonchev–Trinajstić information content (AvgIpc) is 2.81. The molecule has 5 heteroatoms. The van der Waals surface area contributed by atoms with Gasteiger partial charge in [0.2, 0.25) is 0 Å². The molecule has 2 N–H and O–H groups in total. The van der Waals surface area contributed by atoms with Gasteiger partial charge in [-0.1, -0.05) is 12.2 Å². The summed E-state index contributed by atoms with van der Waals surface area (Å²) < 4.78 is 0. The molecule has 0 bridgehead atoms. The molecule has 5 nitrogen and oxygen atoms in total. The van der Waals surface area contributed by atoms with Gasteiger partial charge in [0.15, 0.2) is 0 Å². The Morgan fingerprint density at radius 2 is 2.05 bits per heavy atom. The summed E-state index contributed by atoms with van der Waals surface area (Å²) in [6, 6.07) is -0.543. The number of hydrogen-bond acceptors (Lipinski definition) is 2. The number of hydrogen-bond donors (Lipinski definition) is 2. The predicted molar refractivity (Wildman–Crippen MR) is 87.1 cm³/mol. The van der Waals surface area contributed by atoms with Crippen LogP contribution in [0, 0.1) is 0 Å². The maximum atomic E-state index is 13.1. The van der Waals surface area contributed by atoms with Gasteiger partial charge in [0.25, 0.3) is 5.91 Å². The van der Waals surface area contributed by atoms with Gasteiger partial charge in [0, 0.05) is 12.2 Å². The molecule has 0 spiro atoms. The highest BCUT2D eigenvalue weighted by molar-refractivity contribution is 5.98. The third-order valence-electron chi connectivity index (χ3n) is 4.61. The molecular weight excluding hydrogens is 278 g/mol. The molecule has 22 heavy (non-hydrogen) atoms. The molecule has 2 aliphatic heterocycles. The molecule has 1 atom stereocenters. The standard InChI is InChI=1S/C17H25N3O2/c1-5-8-17(9-6-2)10-7-11-20(17)15(21)14-12(3)18-16(22)19-13(14)4/h5-6,12H,1-2,7-11H2,3-4H3,(H2,18,19,22). The highest BCUT2D eigenvalue weighted by Gasteiger charge is 2.44. The highest BCUT2D eigenvalue weighted by atomic mass is 16.2. The van der Waals surface area contributed by atoms with Crippen LogP contribution in [0.2, 0.25) is 0 Å². The van der Waals surface area contributed by atoms with Crippen LogP contribution in [0.25, 0.3) is 0 Å². The first-order valence-corrected chi connectivity index (χ1v) is 7.77. The minimum absolute atomic E-state index is 0.00120. The molecule has 1 saturated heterocycles. The van der Waals surface area contributed by atoms with Crippen molar-refractivity contribution in [3.05, 3.63) is 36.6 Å². The van der Waals surface area contributed by atoms with Gasteiger partial charge in [0.1, 0.15) is 0 Å². The maximum absolute atomic E-state index is 13.1. The van der Waals surface area contributed by atoms with Gasteiger partial charge in [-0.25, -0.2) is 4.79 Å². The van der Waals surface area contributed by atoms with Crippen LogP contribution in [-0.2, 0) is 4.79 Å². The molecule has 0 saturated carbocycles. The largest absolute Gasteiger partial charge is 0.333 e. The molecule has 0 aromatic carbocycles. The molecule has 1 unspecified atom stereocenters. The smallest absolute Gasteiger partial charge is 0.319 e. The molecular formula is C17H25N3O2. The molecule has 120 valence electrons. The van der Waals surface area contributed by atoms with E-state index < -0.39 is 0 Å². The van der Waals surface area contributed by atoms with E-state index in [1.807, 2.05) is 24.0 Å². The lowest BCUT2D eigenvalue weighted by Gasteiger charge is -2.39. The number of likely N-dealkylation sites (tertiary alicyclic amines) is 1. The Labute approximate surface area is 132 Å². The zero-order valence-corrected chi connectivity index (χ0v) is 13.4. The molecule has 3 amide bonds. The molecule has 2 heterocycles. The van der Waals surface area contributed by atoms with Crippen LogP contribution in [0.4, 0.5) is 4.79 Å². The van der Waals surface area contributed by atoms with Gasteiger partial charge < -0.3 is 15.5 Å². The number of allylic oxidation sites excluding steroid dienone is 1. The van der Waals surface area contributed by atoms with Crippen LogP contribution >= 0.6 is 0 Å². The van der Waals surface area contributed by atoms with Gasteiger partial charge in [-0.15, -0.1) is 13.2 Å². The summed E-state index contributed by atoms with van der Waals surface area (Å²) in [5.41, 5.74) is 1.05. The Kier molecular flexibility index (Phi) is 4.74. The van der Waals surface area contributed by atoms with E-state index in [2.05, 4.69) is 23.8 Å². The van der Waals surface area contributed by atoms with Crippen LogP contribution in [0.5, 0.6) is 0 Å². The number of nitrogens with one attached hydrogen (secondary N) is 2. The predicted octanol–water partition coefficient (Wildman–Crippen LogP) is 2.48. The van der Waals surface area contributed by atoms with Gasteiger partial charge in [0.05, 0.1) is 17.2 Å². The molecule has 2 rings (SSSR count). The third kappa shape index (κ3) is 2.80. The SMILES string of the molecule is C=CCC1(CC=C)CCCN1C(=O)C1=C(C)NC(=O)NC1C. The topological polar surface area (TPSA) is 61.4 Å². The van der Waals surface area contributed by atoms with E-state index in [9.17, 15) is 9.59 Å². The van der Waals surface area contributed by atoms with Crippen LogP contribution in [0.3, 0.4) is 0 Å². The number of amides is 3. The van der Waals surface area contributed by atoms with E-state index in [1.165, 1.54) is 0 Å². The Morgan fingerprint density at radius 3 is 2.59 bits per heavy atom. The van der Waals surface area contributed by atoms with Crippen LogP contribution in [0.1, 0.15) is 39.5 Å². The minimum Gasteiger partial charge on any atom is -0.333 e. The fourth-order valence-corrected chi connectivity index (χ4v) is 3.66. The van der Waals surface area contributed by atoms with Crippen molar-refractivity contribution < 1.29 is 9.59 Å². The molecule has 0 aromatic rings. The lowest BCUT2D eigenvalue weighted by atomic mass is 9.87. The fraction of sp³-hybridized carbons (Fsp3) is 0.529. The van der Waals surface area contributed by atoms with Gasteiger partial charge in [-0.05, 0) is 39.5 Å². The first kappa shape index (κ1) is 16.3. The maximum Gasteiger partial charge on any atom is 0.319 e. The number of carbonyl (C=O) groups is 2. The molecule has 1 fully saturated rings. The van der Waals surface area contributed by atoms with Crippen molar-refractivity contribution in [3.8, 4) is 0 Å². The average molecular weight is 303 g/mol. The van der Waals surface area contributed by atoms with Crippen LogP contribution in [0.15, 0.2) is 36.6 Å². The Morgan fingerprint density at radius 1 is 1.41 bits per heavy atom. The van der Waals surface area contributed by atoms with Crippen molar-refractivity contribution in [3.63, 3.8) is 0 Å². The quantitative estimate of drug-likeness (QED) is 0.767. The third-order valence-corrected chi connectivity index (χ3v) is 4.61. The minimum atomic E-state index is -0.285. The van der Waals surface area contributed by atoms with E-state index in [1.54, 1.807) is 6.92 Å². The Bertz CT molecular complexity index is 526. The molecule has 0 aromatic heterocycles. The zero-order chi connectivity index (χ0) is 16.3.